The van der Waals surface area contributed by atoms with E-state index in [0.717, 1.165) is 38.5 Å². The van der Waals surface area contributed by atoms with Crippen molar-refractivity contribution in [2.75, 3.05) is 6.61 Å². The summed E-state index contributed by atoms with van der Waals surface area (Å²) in [5.74, 6) is 0.575. The molecule has 4 nitrogen and oxygen atoms in total. The van der Waals surface area contributed by atoms with Crippen molar-refractivity contribution in [1.29, 1.82) is 0 Å². The van der Waals surface area contributed by atoms with E-state index in [9.17, 15) is 9.59 Å². The Balaban J connectivity index is 1.67. The first-order valence-electron chi connectivity index (χ1n) is 7.50. The van der Waals surface area contributed by atoms with E-state index in [4.69, 9.17) is 4.74 Å². The second-order valence-electron chi connectivity index (χ2n) is 6.26. The first kappa shape index (κ1) is 14.4. The highest BCUT2D eigenvalue weighted by Crippen LogP contribution is 2.45. The number of hydrogen-bond donors (Lipinski definition) is 1. The Bertz CT molecular complexity index is 341. The van der Waals surface area contributed by atoms with Gasteiger partial charge in [-0.15, -0.1) is 0 Å². The lowest BCUT2D eigenvalue weighted by Gasteiger charge is -2.29. The molecule has 4 heteroatoms. The SMILES string of the molecule is CCOC(=O)CC1CCC(NC(=O)C2(C)CC2)CC1. The number of carbonyl (C=O) groups is 2. The largest absolute Gasteiger partial charge is 0.466 e. The van der Waals surface area contributed by atoms with Crippen LogP contribution in [-0.2, 0) is 14.3 Å². The van der Waals surface area contributed by atoms with Gasteiger partial charge in [-0.2, -0.15) is 0 Å². The molecule has 0 atom stereocenters. The molecule has 108 valence electrons. The lowest BCUT2D eigenvalue weighted by atomic mass is 9.84. The molecule has 2 fully saturated rings. The van der Waals surface area contributed by atoms with Gasteiger partial charge in [0.05, 0.1) is 6.61 Å². The second-order valence-corrected chi connectivity index (χ2v) is 6.26. The Morgan fingerprint density at radius 2 is 1.84 bits per heavy atom. The number of ether oxygens (including phenoxy) is 1. The molecule has 19 heavy (non-hydrogen) atoms. The van der Waals surface area contributed by atoms with Crippen LogP contribution in [0, 0.1) is 11.3 Å². The maximum Gasteiger partial charge on any atom is 0.306 e. The van der Waals surface area contributed by atoms with Crippen molar-refractivity contribution in [3.8, 4) is 0 Å². The van der Waals surface area contributed by atoms with Gasteiger partial charge < -0.3 is 10.1 Å². The van der Waals surface area contributed by atoms with Gasteiger partial charge in [0, 0.05) is 17.9 Å². The van der Waals surface area contributed by atoms with Gasteiger partial charge >= 0.3 is 5.97 Å². The van der Waals surface area contributed by atoms with Crippen molar-refractivity contribution in [3.63, 3.8) is 0 Å². The Kier molecular flexibility index (Phi) is 4.48. The maximum absolute atomic E-state index is 12.0. The third kappa shape index (κ3) is 3.95. The van der Waals surface area contributed by atoms with E-state index >= 15 is 0 Å². The van der Waals surface area contributed by atoms with Crippen LogP contribution in [-0.4, -0.2) is 24.5 Å². The molecule has 0 aromatic heterocycles. The second kappa shape index (κ2) is 5.93. The molecule has 0 spiro atoms. The number of nitrogens with one attached hydrogen (secondary N) is 1. The van der Waals surface area contributed by atoms with Gasteiger partial charge in [-0.1, -0.05) is 6.92 Å². The molecule has 0 aromatic carbocycles. The van der Waals surface area contributed by atoms with Crippen molar-refractivity contribution >= 4 is 11.9 Å². The predicted molar refractivity (Wildman–Crippen MR) is 72.5 cm³/mol. The topological polar surface area (TPSA) is 55.4 Å². The Morgan fingerprint density at radius 1 is 1.21 bits per heavy atom. The van der Waals surface area contributed by atoms with Crippen LogP contribution in [0.25, 0.3) is 0 Å². The van der Waals surface area contributed by atoms with Crippen molar-refractivity contribution in [1.82, 2.24) is 5.32 Å². The molecule has 1 amide bonds. The van der Waals surface area contributed by atoms with Crippen LogP contribution in [0.2, 0.25) is 0 Å². The molecular formula is C15H25NO3. The Labute approximate surface area is 115 Å². The molecule has 2 aliphatic carbocycles. The fourth-order valence-electron chi connectivity index (χ4n) is 2.74. The molecule has 1 N–H and O–H groups in total. The molecule has 0 saturated heterocycles. The van der Waals surface area contributed by atoms with E-state index in [1.54, 1.807) is 0 Å². The number of carbonyl (C=O) groups excluding carboxylic acids is 2. The molecule has 0 unspecified atom stereocenters. The summed E-state index contributed by atoms with van der Waals surface area (Å²) in [4.78, 5) is 23.4. The summed E-state index contributed by atoms with van der Waals surface area (Å²) in [6.07, 6.45) is 6.60. The molecule has 0 heterocycles. The summed E-state index contributed by atoms with van der Waals surface area (Å²) in [5.41, 5.74) is -0.0816. The number of amides is 1. The van der Waals surface area contributed by atoms with Crippen molar-refractivity contribution in [2.24, 2.45) is 11.3 Å². The standard InChI is InChI=1S/C15H25NO3/c1-3-19-13(17)10-11-4-6-12(7-5-11)16-14(18)15(2)8-9-15/h11-12H,3-10H2,1-2H3,(H,16,18). The molecule has 0 aromatic rings. The zero-order valence-corrected chi connectivity index (χ0v) is 12.0. The lowest BCUT2D eigenvalue weighted by Crippen LogP contribution is -2.41. The van der Waals surface area contributed by atoms with E-state index < -0.39 is 0 Å². The lowest BCUT2D eigenvalue weighted by molar-refractivity contribution is -0.144. The molecule has 2 rings (SSSR count). The summed E-state index contributed by atoms with van der Waals surface area (Å²) in [6.45, 7) is 4.33. The normalized spacial score (nSPS) is 28.5. The predicted octanol–water partition coefficient (Wildman–Crippen LogP) is 2.41. The van der Waals surface area contributed by atoms with Crippen LogP contribution in [0.4, 0.5) is 0 Å². The minimum Gasteiger partial charge on any atom is -0.466 e. The average Bonchev–Trinajstić information content (AvgIpc) is 3.11. The monoisotopic (exact) mass is 267 g/mol. The number of rotatable bonds is 5. The summed E-state index contributed by atoms with van der Waals surface area (Å²) >= 11 is 0. The quantitative estimate of drug-likeness (QED) is 0.778. The van der Waals surface area contributed by atoms with Crippen LogP contribution in [0.3, 0.4) is 0 Å². The van der Waals surface area contributed by atoms with Gasteiger partial charge in [0.25, 0.3) is 0 Å². The summed E-state index contributed by atoms with van der Waals surface area (Å²) in [7, 11) is 0. The first-order chi connectivity index (χ1) is 9.03. The van der Waals surface area contributed by atoms with Crippen LogP contribution in [0.5, 0.6) is 0 Å². The Hall–Kier alpha value is -1.06. The van der Waals surface area contributed by atoms with E-state index in [2.05, 4.69) is 5.32 Å². The fraction of sp³-hybridized carbons (Fsp3) is 0.867. The van der Waals surface area contributed by atoms with Crippen LogP contribution < -0.4 is 5.32 Å². The molecule has 2 saturated carbocycles. The highest BCUT2D eigenvalue weighted by atomic mass is 16.5. The zero-order chi connectivity index (χ0) is 13.9. The minimum absolute atomic E-state index is 0.0816. The summed E-state index contributed by atoms with van der Waals surface area (Å²) in [5, 5.41) is 3.17. The molecule has 0 bridgehead atoms. The number of esters is 1. The smallest absolute Gasteiger partial charge is 0.306 e. The molecule has 0 radical (unpaired) electrons. The third-order valence-electron chi connectivity index (χ3n) is 4.49. The number of hydrogen-bond acceptors (Lipinski definition) is 3. The summed E-state index contributed by atoms with van der Waals surface area (Å²) in [6, 6.07) is 0.309. The fourth-order valence-corrected chi connectivity index (χ4v) is 2.74. The van der Waals surface area contributed by atoms with E-state index in [0.29, 0.717) is 25.0 Å². The van der Waals surface area contributed by atoms with Crippen molar-refractivity contribution < 1.29 is 14.3 Å². The zero-order valence-electron chi connectivity index (χ0n) is 12.0. The van der Waals surface area contributed by atoms with Crippen molar-refractivity contribution in [3.05, 3.63) is 0 Å². The average molecular weight is 267 g/mol. The Morgan fingerprint density at radius 3 is 2.37 bits per heavy atom. The van der Waals surface area contributed by atoms with Gasteiger partial charge in [0.2, 0.25) is 5.91 Å². The van der Waals surface area contributed by atoms with E-state index in [1.807, 2.05) is 13.8 Å². The molecular weight excluding hydrogens is 242 g/mol. The van der Waals surface area contributed by atoms with Gasteiger partial charge in [-0.25, -0.2) is 0 Å². The first-order valence-corrected chi connectivity index (χ1v) is 7.50. The van der Waals surface area contributed by atoms with Crippen LogP contribution in [0.15, 0.2) is 0 Å². The van der Waals surface area contributed by atoms with Crippen LogP contribution in [0.1, 0.15) is 58.8 Å². The van der Waals surface area contributed by atoms with Gasteiger partial charge in [0.1, 0.15) is 0 Å². The highest BCUT2D eigenvalue weighted by molar-refractivity contribution is 5.85. The maximum atomic E-state index is 12.0. The third-order valence-corrected chi connectivity index (χ3v) is 4.49. The van der Waals surface area contributed by atoms with Gasteiger partial charge in [0.15, 0.2) is 0 Å². The highest BCUT2D eigenvalue weighted by Gasteiger charge is 2.45. The summed E-state index contributed by atoms with van der Waals surface area (Å²) < 4.78 is 4.98. The van der Waals surface area contributed by atoms with E-state index in [-0.39, 0.29) is 17.3 Å². The van der Waals surface area contributed by atoms with Gasteiger partial charge in [-0.3, -0.25) is 9.59 Å². The van der Waals surface area contributed by atoms with Gasteiger partial charge in [-0.05, 0) is 51.4 Å². The van der Waals surface area contributed by atoms with E-state index in [1.165, 1.54) is 0 Å². The molecule has 0 aliphatic heterocycles. The molecule has 2 aliphatic rings. The van der Waals surface area contributed by atoms with Crippen molar-refractivity contribution in [2.45, 2.75) is 64.8 Å². The minimum atomic E-state index is -0.0829. The van der Waals surface area contributed by atoms with Crippen LogP contribution >= 0.6 is 0 Å².